The number of aromatic nitrogens is 4. The van der Waals surface area contributed by atoms with Gasteiger partial charge in [0.2, 0.25) is 23.7 Å². The molecule has 0 unspecified atom stereocenters. The van der Waals surface area contributed by atoms with Crippen LogP contribution in [0.3, 0.4) is 0 Å². The van der Waals surface area contributed by atoms with Crippen molar-refractivity contribution in [2.75, 3.05) is 74.0 Å². The lowest BCUT2D eigenvalue weighted by atomic mass is 10.1. The van der Waals surface area contributed by atoms with Gasteiger partial charge in [0.05, 0.1) is 57.8 Å². The minimum Gasteiger partial charge on any atom is -0.394 e. The van der Waals surface area contributed by atoms with E-state index in [9.17, 15) is 19.8 Å². The van der Waals surface area contributed by atoms with E-state index < -0.39 is 12.1 Å². The highest BCUT2D eigenvalue weighted by atomic mass is 35.5. The molecule has 0 aliphatic rings. The molecule has 55 heavy (non-hydrogen) atoms. The lowest BCUT2D eigenvalue weighted by molar-refractivity contribution is -0.121. The van der Waals surface area contributed by atoms with E-state index in [0.29, 0.717) is 34.1 Å². The lowest BCUT2D eigenvalue weighted by Gasteiger charge is -2.22. The van der Waals surface area contributed by atoms with Crippen molar-refractivity contribution >= 4 is 58.5 Å². The van der Waals surface area contributed by atoms with Crippen LogP contribution in [0, 0.1) is 6.92 Å². The topological polar surface area (TPSA) is 221 Å². The predicted octanol–water partition coefficient (Wildman–Crippen LogP) is 2.73. The van der Waals surface area contributed by atoms with E-state index in [-0.39, 0.29) is 68.4 Å². The number of halogens is 2. The van der Waals surface area contributed by atoms with Crippen LogP contribution in [0.2, 0.25) is 10.0 Å². The Morgan fingerprint density at radius 3 is 1.82 bits per heavy atom. The molecule has 0 bridgehead atoms. The van der Waals surface area contributed by atoms with Crippen LogP contribution >= 0.6 is 23.2 Å². The summed E-state index contributed by atoms with van der Waals surface area (Å²) in [4.78, 5) is 44.9. The number of likely N-dealkylation sites (N-methyl/N-ethyl adjacent to an activating group) is 2. The van der Waals surface area contributed by atoms with E-state index in [2.05, 4.69) is 41.2 Å². The molecule has 0 saturated heterocycles. The van der Waals surface area contributed by atoms with E-state index >= 15 is 0 Å². The molecule has 0 fully saturated rings. The normalized spacial score (nSPS) is 12.9. The molecule has 4 rings (SSSR count). The molecule has 0 aliphatic carbocycles. The van der Waals surface area contributed by atoms with Crippen molar-refractivity contribution in [1.82, 2.24) is 30.6 Å². The number of aliphatic hydroxyl groups excluding tert-OH is 4. The quantitative estimate of drug-likeness (QED) is 0.0726. The number of nitrogens with zero attached hydrogens (tertiary/aromatic N) is 6. The summed E-state index contributed by atoms with van der Waals surface area (Å²) in [5, 5.41) is 49.8. The Morgan fingerprint density at radius 1 is 0.727 bits per heavy atom. The Bertz CT molecular complexity index is 1830. The van der Waals surface area contributed by atoms with Crippen LogP contribution in [0.5, 0.6) is 0 Å². The zero-order chi connectivity index (χ0) is 40.5. The van der Waals surface area contributed by atoms with Crippen molar-refractivity contribution in [3.63, 3.8) is 0 Å². The van der Waals surface area contributed by atoms with Crippen molar-refractivity contribution < 1.29 is 30.0 Å². The monoisotopic (exact) mass is 800 g/mol. The molecule has 0 aliphatic heterocycles. The molecule has 2 heterocycles. The molecule has 2 aromatic heterocycles. The Hall–Kier alpha value is -4.84. The van der Waals surface area contributed by atoms with Gasteiger partial charge in [0, 0.05) is 37.4 Å². The number of carbonyl (C=O) groups is 2. The maximum absolute atomic E-state index is 12.4. The second kappa shape index (κ2) is 22.5. The molecule has 4 atom stereocenters. The highest BCUT2D eigenvalue weighted by Crippen LogP contribution is 2.23. The minimum absolute atomic E-state index is 0.0344. The molecule has 0 saturated carbocycles. The molecular weight excluding hydrogens is 751 g/mol. The van der Waals surface area contributed by atoms with Gasteiger partial charge in [0.1, 0.15) is 10.8 Å². The number of nitrogens with one attached hydrogen (secondary N) is 4. The number of carbonyl (C=O) groups excluding carboxylic acids is 2. The Balaban J connectivity index is 0.000000296. The van der Waals surface area contributed by atoms with E-state index in [1.165, 1.54) is 6.20 Å². The maximum atomic E-state index is 12.4. The molecule has 16 nitrogen and oxygen atoms in total. The standard InChI is InChI=1S/C19H27N5O3.C18H23Cl2N5O3/c1-13-5-4-6-15(9-13)16(12-26)22-18(27)10-24(3)17-7-8-20-19(23-17)21-14(2)11-25;1-11(9-26)22-18-21-7-14(20)17(24-18)25(2)8-16(28)23-15(10-27)12-4-3-5-13(19)6-12/h4-9,14,16,25-26H,10-12H2,1-3H3,(H,22,27)(H,20,21,23);3-7,11,15,26-27H,8-10H2,1-2H3,(H,23,28)(H,21,22,24)/t14-,16+;11-,15+/m00/s1. The average molecular weight is 802 g/mol. The summed E-state index contributed by atoms with van der Waals surface area (Å²) in [6, 6.07) is 14.9. The highest BCUT2D eigenvalue weighted by Gasteiger charge is 2.19. The zero-order valence-electron chi connectivity index (χ0n) is 31.4. The summed E-state index contributed by atoms with van der Waals surface area (Å²) in [5.41, 5.74) is 2.63. The van der Waals surface area contributed by atoms with Gasteiger partial charge < -0.3 is 51.5 Å². The number of rotatable bonds is 18. The first-order valence-corrected chi connectivity index (χ1v) is 18.2. The summed E-state index contributed by atoms with van der Waals surface area (Å²) in [6.45, 7) is 5.03. The average Bonchev–Trinajstić information content (AvgIpc) is 3.16. The van der Waals surface area contributed by atoms with E-state index in [1.54, 1.807) is 67.3 Å². The van der Waals surface area contributed by atoms with Gasteiger partial charge in [-0.05, 0) is 50.1 Å². The lowest BCUT2D eigenvalue weighted by Crippen LogP contribution is -2.39. The van der Waals surface area contributed by atoms with Crippen LogP contribution in [0.25, 0.3) is 0 Å². The smallest absolute Gasteiger partial charge is 0.240 e. The van der Waals surface area contributed by atoms with Crippen LogP contribution in [0.15, 0.2) is 67.0 Å². The third kappa shape index (κ3) is 14.7. The first kappa shape index (κ1) is 44.6. The van der Waals surface area contributed by atoms with E-state index in [1.807, 2.05) is 38.1 Å². The third-order valence-corrected chi connectivity index (χ3v) is 8.41. The first-order valence-electron chi connectivity index (χ1n) is 17.4. The molecule has 0 spiro atoms. The third-order valence-electron chi connectivity index (χ3n) is 7.91. The summed E-state index contributed by atoms with van der Waals surface area (Å²) in [5.74, 6) is 1.06. The first-order chi connectivity index (χ1) is 26.3. The highest BCUT2D eigenvalue weighted by molar-refractivity contribution is 6.32. The number of hydrogen-bond donors (Lipinski definition) is 8. The number of aryl methyl sites for hydroxylation is 1. The van der Waals surface area contributed by atoms with Crippen LogP contribution < -0.4 is 31.1 Å². The second-order valence-electron chi connectivity index (χ2n) is 12.8. The number of amides is 2. The fourth-order valence-corrected chi connectivity index (χ4v) is 5.44. The molecule has 298 valence electrons. The number of benzene rings is 2. The van der Waals surface area contributed by atoms with Gasteiger partial charge in [0.25, 0.3) is 0 Å². The Morgan fingerprint density at radius 2 is 1.27 bits per heavy atom. The van der Waals surface area contributed by atoms with E-state index in [4.69, 9.17) is 33.4 Å². The van der Waals surface area contributed by atoms with Crippen LogP contribution in [0.4, 0.5) is 23.5 Å². The van der Waals surface area contributed by atoms with Crippen molar-refractivity contribution in [1.29, 1.82) is 0 Å². The van der Waals surface area contributed by atoms with Crippen molar-refractivity contribution in [2.24, 2.45) is 0 Å². The summed E-state index contributed by atoms with van der Waals surface area (Å²) in [6.07, 6.45) is 3.01. The molecule has 2 amide bonds. The largest absolute Gasteiger partial charge is 0.394 e. The summed E-state index contributed by atoms with van der Waals surface area (Å²) < 4.78 is 0. The Labute approximate surface area is 331 Å². The molecule has 18 heteroatoms. The number of anilines is 4. The van der Waals surface area contributed by atoms with E-state index in [0.717, 1.165) is 11.1 Å². The van der Waals surface area contributed by atoms with Gasteiger partial charge in [-0.25, -0.2) is 9.97 Å². The maximum Gasteiger partial charge on any atom is 0.240 e. The van der Waals surface area contributed by atoms with Gasteiger partial charge >= 0.3 is 0 Å². The number of hydrogen-bond acceptors (Lipinski definition) is 14. The molecule has 4 aromatic rings. The molecule has 8 N–H and O–H groups in total. The van der Waals surface area contributed by atoms with Crippen LogP contribution in [-0.4, -0.2) is 118 Å². The van der Waals surface area contributed by atoms with Gasteiger partial charge in [-0.15, -0.1) is 0 Å². The van der Waals surface area contributed by atoms with Gasteiger partial charge in [-0.3, -0.25) is 9.59 Å². The second-order valence-corrected chi connectivity index (χ2v) is 13.7. The van der Waals surface area contributed by atoms with Crippen molar-refractivity contribution in [2.45, 2.75) is 44.9 Å². The van der Waals surface area contributed by atoms with Crippen LogP contribution in [0.1, 0.15) is 42.6 Å². The number of aliphatic hydroxyl groups is 4. The van der Waals surface area contributed by atoms with Crippen molar-refractivity contribution in [3.8, 4) is 0 Å². The molecule has 0 radical (unpaired) electrons. The predicted molar refractivity (Wildman–Crippen MR) is 215 cm³/mol. The van der Waals surface area contributed by atoms with Crippen molar-refractivity contribution in [3.05, 3.63) is 93.7 Å². The summed E-state index contributed by atoms with van der Waals surface area (Å²) in [7, 11) is 3.42. The molecular formula is C37H50Cl2N10O6. The van der Waals surface area contributed by atoms with Gasteiger partial charge in [-0.2, -0.15) is 9.97 Å². The Kier molecular flexibility index (Phi) is 18.2. The van der Waals surface area contributed by atoms with Gasteiger partial charge in [-0.1, -0.05) is 65.2 Å². The minimum atomic E-state index is -0.580. The molecule has 2 aromatic carbocycles. The zero-order valence-corrected chi connectivity index (χ0v) is 33.0. The fraction of sp³-hybridized carbons (Fsp3) is 0.405. The summed E-state index contributed by atoms with van der Waals surface area (Å²) >= 11 is 12.1. The SMILES string of the molecule is C[C@@H](CO)Nc1ncc(Cl)c(N(C)CC(=O)N[C@H](CO)c2cccc(Cl)c2)n1.Cc1cccc([C@@H](CO)NC(=O)CN(C)c2ccnc(N[C@@H](C)CO)n2)c1. The van der Waals surface area contributed by atoms with Crippen LogP contribution in [-0.2, 0) is 9.59 Å². The fourth-order valence-electron chi connectivity index (χ4n) is 5.00. The van der Waals surface area contributed by atoms with Gasteiger partial charge in [0.15, 0.2) is 5.82 Å².